The van der Waals surface area contributed by atoms with Crippen LogP contribution in [0.5, 0.6) is 0 Å². The van der Waals surface area contributed by atoms with Crippen LogP contribution in [0.15, 0.2) is 24.8 Å². The zero-order chi connectivity index (χ0) is 47.6. The molecule has 24 nitrogen and oxygen atoms in total. The third kappa shape index (κ3) is 19.6. The van der Waals surface area contributed by atoms with E-state index in [1.807, 2.05) is 0 Å². The second-order valence-electron chi connectivity index (χ2n) is 15.6. The summed E-state index contributed by atoms with van der Waals surface area (Å²) in [6.45, 7) is 2.76. The Balaban J connectivity index is 1.35. The summed E-state index contributed by atoms with van der Waals surface area (Å²) in [6.07, 6.45) is 9.30. The first-order chi connectivity index (χ1) is 30.1. The molecule has 0 aliphatic carbocycles. The van der Waals surface area contributed by atoms with Crippen molar-refractivity contribution in [3.05, 3.63) is 24.8 Å². The SMILES string of the molecule is CCCCCCC/C=C/CCCCCC(=O)SCCNC(=O)CCNC(=O)C(O)C(C)(C)COP(=O)(O)OP(=O)(O)OCC1OC(n2cnc3c(N)ncnc32)C(O)C1OP(=O)(O)O. The number of rotatable bonds is 31. The number of unbranched alkanes of at least 4 members (excludes halogenated alkanes) is 8. The summed E-state index contributed by atoms with van der Waals surface area (Å²) in [5, 5.41) is 26.6. The Morgan fingerprint density at radius 2 is 1.59 bits per heavy atom. The topological polar surface area (TPSA) is 364 Å². The molecule has 0 spiro atoms. The number of aliphatic hydroxyl groups excluding tert-OH is 2. The summed E-state index contributed by atoms with van der Waals surface area (Å²) in [5.41, 5.74) is 4.28. The molecule has 3 rings (SSSR count). The van der Waals surface area contributed by atoms with Crippen LogP contribution in [0.3, 0.4) is 0 Å². The van der Waals surface area contributed by atoms with Crippen LogP contribution >= 0.6 is 35.2 Å². The maximum atomic E-state index is 12.7. The number of carbonyl (C=O) groups is 3. The third-order valence-corrected chi connectivity index (χ3v) is 13.7. The zero-order valence-corrected chi connectivity index (χ0v) is 39.5. The largest absolute Gasteiger partial charge is 0.481 e. The van der Waals surface area contributed by atoms with E-state index in [2.05, 4.69) is 53.5 Å². The standard InChI is InChI=1S/C36H62N7O17P3S/c1-4-5-6-7-8-9-10-11-12-13-14-15-16-27(45)64-20-19-38-26(44)17-18-39-34(48)31(47)36(2,3)22-57-63(54,55)60-62(52,53)56-21-25-30(59-61(49,50)51)29(46)35(58-25)43-24-42-28-32(37)40-23-41-33(28)43/h10-11,23-25,29-31,35,46-47H,4-9,12-22H2,1-3H3,(H,38,44)(H,39,48)(H,52,53)(H,54,55)(H2,37,40,41)(H2,49,50,51)/b11-10+. The fraction of sp³-hybridized carbons (Fsp3) is 0.722. The maximum Gasteiger partial charge on any atom is 0.481 e. The van der Waals surface area contributed by atoms with Crippen molar-refractivity contribution in [1.29, 1.82) is 0 Å². The monoisotopic (exact) mass is 989 g/mol. The Labute approximate surface area is 375 Å². The Hall–Kier alpha value is -2.70. The Bertz CT molecular complexity index is 1990. The molecule has 7 atom stereocenters. The number of allylic oxidation sites excluding steroid dienone is 2. The van der Waals surface area contributed by atoms with Crippen LogP contribution in [-0.2, 0) is 50.7 Å². The quantitative estimate of drug-likeness (QED) is 0.0296. The number of phosphoric ester groups is 3. The Morgan fingerprint density at radius 1 is 0.938 bits per heavy atom. The minimum Gasteiger partial charge on any atom is -0.386 e. The van der Waals surface area contributed by atoms with Crippen LogP contribution in [0, 0.1) is 5.41 Å². The number of carbonyl (C=O) groups excluding carboxylic acids is 3. The lowest BCUT2D eigenvalue weighted by Gasteiger charge is -2.30. The molecule has 1 aliphatic heterocycles. The number of hydrogen-bond acceptors (Lipinski definition) is 18. The molecule has 2 aromatic heterocycles. The number of nitrogens with zero attached hydrogens (tertiary/aromatic N) is 4. The van der Waals surface area contributed by atoms with Gasteiger partial charge in [0, 0.05) is 37.1 Å². The third-order valence-electron chi connectivity index (χ3n) is 9.66. The highest BCUT2D eigenvalue weighted by Crippen LogP contribution is 2.61. The minimum atomic E-state index is -5.57. The van der Waals surface area contributed by atoms with Gasteiger partial charge in [0.2, 0.25) is 11.8 Å². The first-order valence-corrected chi connectivity index (χ1v) is 26.3. The number of nitrogens with one attached hydrogen (secondary N) is 2. The second kappa shape index (κ2) is 26.6. The Morgan fingerprint density at radius 3 is 2.27 bits per heavy atom. The molecule has 364 valence electrons. The van der Waals surface area contributed by atoms with Crippen molar-refractivity contribution in [1.82, 2.24) is 30.2 Å². The highest BCUT2D eigenvalue weighted by atomic mass is 32.2. The molecule has 7 unspecified atom stereocenters. The highest BCUT2D eigenvalue weighted by molar-refractivity contribution is 8.13. The number of thioether (sulfide) groups is 1. The van der Waals surface area contributed by atoms with Crippen molar-refractivity contribution in [2.75, 3.05) is 37.8 Å². The minimum absolute atomic E-state index is 0.0326. The van der Waals surface area contributed by atoms with Gasteiger partial charge in [-0.25, -0.2) is 28.6 Å². The lowest BCUT2D eigenvalue weighted by molar-refractivity contribution is -0.137. The van der Waals surface area contributed by atoms with Gasteiger partial charge in [-0.15, -0.1) is 0 Å². The first-order valence-electron chi connectivity index (χ1n) is 20.8. The maximum absolute atomic E-state index is 12.7. The van der Waals surface area contributed by atoms with E-state index >= 15 is 0 Å². The Kier molecular flexibility index (Phi) is 23.1. The van der Waals surface area contributed by atoms with Crippen LogP contribution in [-0.4, -0.2) is 123 Å². The molecule has 0 bridgehead atoms. The molecule has 0 aromatic carbocycles. The predicted octanol–water partition coefficient (Wildman–Crippen LogP) is 3.53. The number of fused-ring (bicyclic) bond motifs is 1. The van der Waals surface area contributed by atoms with Crippen LogP contribution in [0.4, 0.5) is 5.82 Å². The highest BCUT2D eigenvalue weighted by Gasteiger charge is 2.50. The van der Waals surface area contributed by atoms with Gasteiger partial charge < -0.3 is 50.9 Å². The lowest BCUT2D eigenvalue weighted by atomic mass is 9.87. The van der Waals surface area contributed by atoms with E-state index in [1.165, 1.54) is 46.0 Å². The number of amides is 2. The van der Waals surface area contributed by atoms with Gasteiger partial charge in [0.05, 0.1) is 19.5 Å². The number of anilines is 1. The van der Waals surface area contributed by atoms with Gasteiger partial charge in [-0.2, -0.15) is 4.31 Å². The van der Waals surface area contributed by atoms with Crippen molar-refractivity contribution in [2.45, 2.75) is 128 Å². The van der Waals surface area contributed by atoms with Gasteiger partial charge in [-0.3, -0.25) is 32.5 Å². The lowest BCUT2D eigenvalue weighted by Crippen LogP contribution is -2.46. The normalized spacial score (nSPS) is 20.6. The predicted molar refractivity (Wildman–Crippen MR) is 233 cm³/mol. The molecule has 10 N–H and O–H groups in total. The van der Waals surface area contributed by atoms with E-state index in [4.69, 9.17) is 19.5 Å². The van der Waals surface area contributed by atoms with E-state index in [1.54, 1.807) is 0 Å². The molecule has 64 heavy (non-hydrogen) atoms. The molecular formula is C36H62N7O17P3S. The molecule has 1 aliphatic rings. The van der Waals surface area contributed by atoms with Gasteiger partial charge >= 0.3 is 23.5 Å². The van der Waals surface area contributed by atoms with Gasteiger partial charge in [0.15, 0.2) is 22.8 Å². The van der Waals surface area contributed by atoms with Crippen molar-refractivity contribution in [3.63, 3.8) is 0 Å². The summed E-state index contributed by atoms with van der Waals surface area (Å²) < 4.78 is 62.4. The summed E-state index contributed by atoms with van der Waals surface area (Å²) in [5.74, 6) is -1.04. The van der Waals surface area contributed by atoms with Gasteiger partial charge in [0.1, 0.15) is 36.3 Å². The number of imidazole rings is 1. The van der Waals surface area contributed by atoms with Crippen molar-refractivity contribution < 1.29 is 80.5 Å². The van der Waals surface area contributed by atoms with Gasteiger partial charge in [-0.1, -0.05) is 76.8 Å². The number of aromatic nitrogens is 4. The smallest absolute Gasteiger partial charge is 0.386 e. The molecule has 3 heterocycles. The van der Waals surface area contributed by atoms with E-state index in [9.17, 15) is 57.9 Å². The molecule has 1 fully saturated rings. The van der Waals surface area contributed by atoms with E-state index < -0.39 is 84.6 Å². The van der Waals surface area contributed by atoms with Gasteiger partial charge in [0.25, 0.3) is 0 Å². The number of ether oxygens (including phenoxy) is 1. The fourth-order valence-corrected chi connectivity index (χ4v) is 9.73. The van der Waals surface area contributed by atoms with Crippen molar-refractivity contribution in [3.8, 4) is 0 Å². The van der Waals surface area contributed by atoms with Crippen LogP contribution in [0.2, 0.25) is 0 Å². The molecule has 0 saturated carbocycles. The summed E-state index contributed by atoms with van der Waals surface area (Å²) in [4.78, 5) is 88.2. The molecule has 0 radical (unpaired) electrons. The van der Waals surface area contributed by atoms with E-state index in [-0.39, 0.29) is 41.6 Å². The molecule has 2 aromatic rings. The first kappa shape index (κ1) is 55.6. The molecule has 28 heteroatoms. The fourth-order valence-electron chi connectivity index (χ4n) is 6.18. The zero-order valence-electron chi connectivity index (χ0n) is 36.0. The average molecular weight is 990 g/mol. The van der Waals surface area contributed by atoms with Crippen LogP contribution in [0.25, 0.3) is 11.2 Å². The molecule has 1 saturated heterocycles. The number of aliphatic hydroxyl groups is 2. The molecular weight excluding hydrogens is 927 g/mol. The van der Waals surface area contributed by atoms with Crippen LogP contribution < -0.4 is 16.4 Å². The van der Waals surface area contributed by atoms with Gasteiger partial charge in [-0.05, 0) is 32.1 Å². The summed E-state index contributed by atoms with van der Waals surface area (Å²) in [6, 6.07) is 0. The molecule has 2 amide bonds. The average Bonchev–Trinajstić information content (AvgIpc) is 3.78. The summed E-state index contributed by atoms with van der Waals surface area (Å²) >= 11 is 1.14. The van der Waals surface area contributed by atoms with Crippen molar-refractivity contribution >= 4 is 69.1 Å². The van der Waals surface area contributed by atoms with E-state index in [0.717, 1.165) is 61.1 Å². The number of phosphoric acid groups is 3. The number of nitrogens with two attached hydrogens (primary N) is 1. The number of nitrogen functional groups attached to an aromatic ring is 1. The summed E-state index contributed by atoms with van der Waals surface area (Å²) in [7, 11) is -16.4. The van der Waals surface area contributed by atoms with E-state index in [0.29, 0.717) is 12.2 Å². The second-order valence-corrected chi connectivity index (χ2v) is 21.0. The number of hydrogen-bond donors (Lipinski definition) is 9. The van der Waals surface area contributed by atoms with Crippen molar-refractivity contribution in [2.24, 2.45) is 5.41 Å². The van der Waals surface area contributed by atoms with Crippen LogP contribution in [0.1, 0.15) is 104 Å².